The van der Waals surface area contributed by atoms with Crippen LogP contribution in [0.15, 0.2) is 53.4 Å². The molecule has 0 radical (unpaired) electrons. The van der Waals surface area contributed by atoms with Crippen LogP contribution in [-0.2, 0) is 14.8 Å². The van der Waals surface area contributed by atoms with Crippen molar-refractivity contribution in [2.45, 2.75) is 24.2 Å². The number of nitrogens with zero attached hydrogens (tertiary/aromatic N) is 1. The smallest absolute Gasteiger partial charge is 0.337 e. The lowest BCUT2D eigenvalue weighted by Crippen LogP contribution is -2.35. The third-order valence-electron chi connectivity index (χ3n) is 4.63. The van der Waals surface area contributed by atoms with E-state index >= 15 is 0 Å². The number of carbonyl (C=O) groups excluding carboxylic acids is 2. The number of hydrogen-bond donors (Lipinski definition) is 1. The molecule has 2 aromatic carbocycles. The molecule has 2 aromatic rings. The maximum absolute atomic E-state index is 12.7. The molecule has 0 bridgehead atoms. The number of rotatable bonds is 5. The summed E-state index contributed by atoms with van der Waals surface area (Å²) in [7, 11) is -2.21. The van der Waals surface area contributed by atoms with Crippen molar-refractivity contribution in [3.05, 3.63) is 59.7 Å². The molecular formula is C20H22N2O5S. The van der Waals surface area contributed by atoms with Crippen LogP contribution in [0.3, 0.4) is 0 Å². The summed E-state index contributed by atoms with van der Waals surface area (Å²) >= 11 is 0. The molecule has 0 atom stereocenters. The van der Waals surface area contributed by atoms with Crippen LogP contribution >= 0.6 is 0 Å². The van der Waals surface area contributed by atoms with Crippen LogP contribution in [0.4, 0.5) is 5.69 Å². The minimum atomic E-state index is -3.50. The van der Waals surface area contributed by atoms with Gasteiger partial charge in [-0.1, -0.05) is 6.42 Å². The van der Waals surface area contributed by atoms with Gasteiger partial charge in [-0.25, -0.2) is 13.2 Å². The second-order valence-corrected chi connectivity index (χ2v) is 8.45. The van der Waals surface area contributed by atoms with Crippen molar-refractivity contribution in [3.63, 3.8) is 0 Å². The molecule has 1 saturated heterocycles. The van der Waals surface area contributed by atoms with E-state index in [0.717, 1.165) is 19.3 Å². The molecule has 1 N–H and O–H groups in total. The Bertz CT molecular complexity index is 947. The van der Waals surface area contributed by atoms with E-state index in [9.17, 15) is 18.0 Å². The van der Waals surface area contributed by atoms with Crippen molar-refractivity contribution in [2.24, 2.45) is 0 Å². The number of methoxy groups -OCH3 is 1. The van der Waals surface area contributed by atoms with E-state index in [2.05, 4.69) is 10.1 Å². The van der Waals surface area contributed by atoms with Gasteiger partial charge in [-0.2, -0.15) is 4.31 Å². The van der Waals surface area contributed by atoms with Gasteiger partial charge in [0.05, 0.1) is 17.6 Å². The molecule has 0 aliphatic carbocycles. The fourth-order valence-electron chi connectivity index (χ4n) is 3.04. The van der Waals surface area contributed by atoms with Crippen LogP contribution in [0, 0.1) is 0 Å². The van der Waals surface area contributed by atoms with E-state index < -0.39 is 16.0 Å². The summed E-state index contributed by atoms with van der Waals surface area (Å²) in [5, 5.41) is 2.72. The summed E-state index contributed by atoms with van der Waals surface area (Å²) in [6.07, 6.45) is 2.81. The summed E-state index contributed by atoms with van der Waals surface area (Å²) in [6, 6.07) is 12.2. The maximum atomic E-state index is 12.7. The lowest BCUT2D eigenvalue weighted by atomic mass is 10.1. The molecule has 1 amide bonds. The van der Waals surface area contributed by atoms with Crippen LogP contribution < -0.4 is 5.32 Å². The molecule has 1 aliphatic rings. The van der Waals surface area contributed by atoms with Crippen molar-refractivity contribution in [1.82, 2.24) is 4.31 Å². The van der Waals surface area contributed by atoms with Gasteiger partial charge in [0, 0.05) is 24.3 Å². The van der Waals surface area contributed by atoms with Crippen LogP contribution in [0.5, 0.6) is 0 Å². The van der Waals surface area contributed by atoms with Gasteiger partial charge in [0.2, 0.25) is 10.0 Å². The zero-order valence-corrected chi connectivity index (χ0v) is 16.4. The molecule has 0 aromatic heterocycles. The Morgan fingerprint density at radius 2 is 1.46 bits per heavy atom. The Morgan fingerprint density at radius 3 is 2.04 bits per heavy atom. The summed E-state index contributed by atoms with van der Waals surface area (Å²) < 4.78 is 31.4. The molecule has 7 nitrogen and oxygen atoms in total. The number of ether oxygens (including phenoxy) is 1. The molecule has 8 heteroatoms. The molecular weight excluding hydrogens is 380 g/mol. The molecule has 3 rings (SSSR count). The molecule has 0 saturated carbocycles. The quantitative estimate of drug-likeness (QED) is 0.777. The highest BCUT2D eigenvalue weighted by molar-refractivity contribution is 7.89. The van der Waals surface area contributed by atoms with Crippen molar-refractivity contribution in [1.29, 1.82) is 0 Å². The van der Waals surface area contributed by atoms with Gasteiger partial charge in [-0.3, -0.25) is 4.79 Å². The second kappa shape index (κ2) is 8.53. The lowest BCUT2D eigenvalue weighted by molar-refractivity contribution is 0.0600. The van der Waals surface area contributed by atoms with Gasteiger partial charge >= 0.3 is 5.97 Å². The number of esters is 1. The number of nitrogens with one attached hydrogen (secondary N) is 1. The van der Waals surface area contributed by atoms with Gasteiger partial charge < -0.3 is 10.1 Å². The van der Waals surface area contributed by atoms with E-state index in [1.54, 1.807) is 12.1 Å². The van der Waals surface area contributed by atoms with Crippen LogP contribution in [-0.4, -0.2) is 44.8 Å². The second-order valence-electron chi connectivity index (χ2n) is 6.51. The number of sulfonamides is 1. The highest BCUT2D eigenvalue weighted by Crippen LogP contribution is 2.22. The van der Waals surface area contributed by atoms with E-state index in [4.69, 9.17) is 0 Å². The molecule has 148 valence electrons. The third-order valence-corrected chi connectivity index (χ3v) is 6.55. The molecule has 1 heterocycles. The van der Waals surface area contributed by atoms with Crippen molar-refractivity contribution < 1.29 is 22.7 Å². The zero-order chi connectivity index (χ0) is 20.1. The Hall–Kier alpha value is -2.71. The minimum absolute atomic E-state index is 0.217. The molecule has 1 fully saturated rings. The first-order chi connectivity index (χ1) is 13.4. The highest BCUT2D eigenvalue weighted by Gasteiger charge is 2.25. The van der Waals surface area contributed by atoms with Crippen molar-refractivity contribution in [2.75, 3.05) is 25.5 Å². The minimum Gasteiger partial charge on any atom is -0.465 e. The predicted octanol–water partition coefficient (Wildman–Crippen LogP) is 2.90. The van der Waals surface area contributed by atoms with Gasteiger partial charge in [0.15, 0.2) is 0 Å². The van der Waals surface area contributed by atoms with Gasteiger partial charge in [-0.15, -0.1) is 0 Å². The lowest BCUT2D eigenvalue weighted by Gasteiger charge is -2.25. The first-order valence-electron chi connectivity index (χ1n) is 9.02. The first kappa shape index (κ1) is 20.0. The first-order valence-corrected chi connectivity index (χ1v) is 10.5. The zero-order valence-electron chi connectivity index (χ0n) is 15.6. The fourth-order valence-corrected chi connectivity index (χ4v) is 4.56. The fraction of sp³-hybridized carbons (Fsp3) is 0.300. The van der Waals surface area contributed by atoms with Crippen LogP contribution in [0.25, 0.3) is 0 Å². The van der Waals surface area contributed by atoms with E-state index in [1.165, 1.54) is 47.8 Å². The molecule has 0 unspecified atom stereocenters. The summed E-state index contributed by atoms with van der Waals surface area (Å²) in [5.41, 5.74) is 1.21. The number of hydrogen-bond acceptors (Lipinski definition) is 5. The summed E-state index contributed by atoms with van der Waals surface area (Å²) in [4.78, 5) is 24.0. The average molecular weight is 402 g/mol. The van der Waals surface area contributed by atoms with E-state index in [0.29, 0.717) is 29.9 Å². The standard InChI is InChI=1S/C20H22N2O5S/c1-27-20(24)16-7-5-15(6-8-16)19(23)21-17-9-11-18(12-10-17)28(25,26)22-13-3-2-4-14-22/h5-12H,2-4,13-14H2,1H3,(H,21,23). The highest BCUT2D eigenvalue weighted by atomic mass is 32.2. The molecule has 1 aliphatic heterocycles. The average Bonchev–Trinajstić information content (AvgIpc) is 2.74. The van der Waals surface area contributed by atoms with Crippen molar-refractivity contribution in [3.8, 4) is 0 Å². The third kappa shape index (κ3) is 4.40. The number of carbonyl (C=O) groups is 2. The van der Waals surface area contributed by atoms with Gasteiger partial charge in [-0.05, 0) is 61.4 Å². The Morgan fingerprint density at radius 1 is 0.893 bits per heavy atom. The maximum Gasteiger partial charge on any atom is 0.337 e. The SMILES string of the molecule is COC(=O)c1ccc(C(=O)Nc2ccc(S(=O)(=O)N3CCCCC3)cc2)cc1. The Balaban J connectivity index is 1.68. The van der Waals surface area contributed by atoms with Crippen LogP contribution in [0.2, 0.25) is 0 Å². The topological polar surface area (TPSA) is 92.8 Å². The van der Waals surface area contributed by atoms with Crippen molar-refractivity contribution >= 4 is 27.6 Å². The van der Waals surface area contributed by atoms with Gasteiger partial charge in [0.25, 0.3) is 5.91 Å². The number of piperidine rings is 1. The van der Waals surface area contributed by atoms with Gasteiger partial charge in [0.1, 0.15) is 0 Å². The molecule has 0 spiro atoms. The summed E-state index contributed by atoms with van der Waals surface area (Å²) in [6.45, 7) is 1.09. The number of anilines is 1. The Kier molecular flexibility index (Phi) is 6.11. The number of benzene rings is 2. The van der Waals surface area contributed by atoms with E-state index in [-0.39, 0.29) is 10.8 Å². The van der Waals surface area contributed by atoms with Crippen LogP contribution in [0.1, 0.15) is 40.0 Å². The number of amides is 1. The predicted molar refractivity (Wildman–Crippen MR) is 105 cm³/mol. The Labute approximate surface area is 164 Å². The summed E-state index contributed by atoms with van der Waals surface area (Å²) in [5.74, 6) is -0.833. The normalized spacial score (nSPS) is 15.0. The monoisotopic (exact) mass is 402 g/mol. The molecule has 28 heavy (non-hydrogen) atoms. The largest absolute Gasteiger partial charge is 0.465 e. The van der Waals surface area contributed by atoms with E-state index in [1.807, 2.05) is 0 Å².